The summed E-state index contributed by atoms with van der Waals surface area (Å²) in [7, 11) is 1.69. The fourth-order valence-electron chi connectivity index (χ4n) is 2.19. The predicted molar refractivity (Wildman–Crippen MR) is 77.3 cm³/mol. The number of hydrogen-bond acceptors (Lipinski definition) is 2. The average molecular weight is 262 g/mol. The van der Waals surface area contributed by atoms with E-state index >= 15 is 0 Å². The van der Waals surface area contributed by atoms with E-state index in [1.54, 1.807) is 13.2 Å². The monoisotopic (exact) mass is 261 g/mol. The molecule has 0 aliphatic heterocycles. The number of anilines is 1. The van der Waals surface area contributed by atoms with Gasteiger partial charge in [0.2, 0.25) is 0 Å². The van der Waals surface area contributed by atoms with Gasteiger partial charge in [-0.2, -0.15) is 0 Å². The fourth-order valence-corrected chi connectivity index (χ4v) is 2.49. The molecule has 0 saturated carbocycles. The van der Waals surface area contributed by atoms with E-state index in [2.05, 4.69) is 12.1 Å². The summed E-state index contributed by atoms with van der Waals surface area (Å²) in [6.45, 7) is 4.06. The number of ether oxygens (including phenoxy) is 1. The summed E-state index contributed by atoms with van der Waals surface area (Å²) >= 11 is 6.23. The highest BCUT2D eigenvalue weighted by atomic mass is 35.5. The summed E-state index contributed by atoms with van der Waals surface area (Å²) in [6, 6.07) is 9.72. The number of nitrogens with two attached hydrogens (primary N) is 1. The SMILES string of the molecule is COc1c(C)cc(-c2ccc(N)cc2Cl)cc1C. The van der Waals surface area contributed by atoms with Gasteiger partial charge in [0.1, 0.15) is 5.75 Å². The van der Waals surface area contributed by atoms with Gasteiger partial charge in [-0.05, 0) is 54.8 Å². The Morgan fingerprint density at radius 1 is 1.06 bits per heavy atom. The van der Waals surface area contributed by atoms with Crippen LogP contribution in [0.2, 0.25) is 5.02 Å². The van der Waals surface area contributed by atoms with Crippen molar-refractivity contribution in [3.05, 3.63) is 46.5 Å². The molecule has 3 heteroatoms. The Labute approximate surface area is 112 Å². The van der Waals surface area contributed by atoms with E-state index in [9.17, 15) is 0 Å². The molecular formula is C15H16ClNO. The molecule has 18 heavy (non-hydrogen) atoms. The van der Waals surface area contributed by atoms with E-state index < -0.39 is 0 Å². The van der Waals surface area contributed by atoms with Gasteiger partial charge in [-0.1, -0.05) is 17.7 Å². The predicted octanol–water partition coefficient (Wildman–Crippen LogP) is 4.21. The molecule has 0 aliphatic carbocycles. The maximum Gasteiger partial charge on any atom is 0.124 e. The van der Waals surface area contributed by atoms with Gasteiger partial charge in [0, 0.05) is 11.3 Å². The van der Waals surface area contributed by atoms with Gasteiger partial charge in [-0.3, -0.25) is 0 Å². The number of methoxy groups -OCH3 is 1. The van der Waals surface area contributed by atoms with Gasteiger partial charge >= 0.3 is 0 Å². The molecule has 0 fully saturated rings. The first-order chi connectivity index (χ1) is 8.52. The lowest BCUT2D eigenvalue weighted by atomic mass is 9.99. The van der Waals surface area contributed by atoms with E-state index in [4.69, 9.17) is 22.1 Å². The molecule has 2 nitrogen and oxygen atoms in total. The van der Waals surface area contributed by atoms with Crippen LogP contribution >= 0.6 is 11.6 Å². The number of halogens is 1. The molecule has 2 aromatic rings. The summed E-state index contributed by atoms with van der Waals surface area (Å²) in [5.41, 5.74) is 10.6. The van der Waals surface area contributed by atoms with Crippen LogP contribution in [0.3, 0.4) is 0 Å². The van der Waals surface area contributed by atoms with Crippen molar-refractivity contribution in [3.63, 3.8) is 0 Å². The molecule has 0 aromatic heterocycles. The largest absolute Gasteiger partial charge is 0.496 e. The first kappa shape index (κ1) is 12.8. The van der Waals surface area contributed by atoms with Crippen molar-refractivity contribution in [1.82, 2.24) is 0 Å². The first-order valence-electron chi connectivity index (χ1n) is 5.73. The van der Waals surface area contributed by atoms with Crippen molar-refractivity contribution < 1.29 is 4.74 Å². The van der Waals surface area contributed by atoms with Gasteiger partial charge in [0.25, 0.3) is 0 Å². The Morgan fingerprint density at radius 3 is 2.17 bits per heavy atom. The van der Waals surface area contributed by atoms with Crippen molar-refractivity contribution in [3.8, 4) is 16.9 Å². The fraction of sp³-hybridized carbons (Fsp3) is 0.200. The molecule has 0 atom stereocenters. The van der Waals surface area contributed by atoms with E-state index in [-0.39, 0.29) is 0 Å². The number of nitrogen functional groups attached to an aromatic ring is 1. The van der Waals surface area contributed by atoms with Crippen molar-refractivity contribution in [1.29, 1.82) is 0 Å². The maximum absolute atomic E-state index is 6.23. The zero-order valence-corrected chi connectivity index (χ0v) is 11.5. The molecule has 0 spiro atoms. The van der Waals surface area contributed by atoms with Gasteiger partial charge in [-0.15, -0.1) is 0 Å². The van der Waals surface area contributed by atoms with E-state index in [1.165, 1.54) is 0 Å². The minimum atomic E-state index is 0.666. The third-order valence-corrected chi connectivity index (χ3v) is 3.28. The molecule has 94 valence electrons. The van der Waals surface area contributed by atoms with Crippen LogP contribution in [-0.2, 0) is 0 Å². The third-order valence-electron chi connectivity index (χ3n) is 2.97. The molecule has 0 radical (unpaired) electrons. The second-order valence-corrected chi connectivity index (χ2v) is 4.79. The second kappa shape index (κ2) is 4.91. The lowest BCUT2D eigenvalue weighted by Gasteiger charge is -2.12. The van der Waals surface area contributed by atoms with E-state index in [0.717, 1.165) is 28.0 Å². The van der Waals surface area contributed by atoms with Gasteiger partial charge in [0.15, 0.2) is 0 Å². The van der Waals surface area contributed by atoms with Gasteiger partial charge in [0.05, 0.1) is 12.1 Å². The highest BCUT2D eigenvalue weighted by Gasteiger charge is 2.09. The molecular weight excluding hydrogens is 246 g/mol. The lowest BCUT2D eigenvalue weighted by molar-refractivity contribution is 0.408. The molecule has 0 bridgehead atoms. The summed E-state index contributed by atoms with van der Waals surface area (Å²) in [4.78, 5) is 0. The van der Waals surface area contributed by atoms with E-state index in [1.807, 2.05) is 26.0 Å². The molecule has 0 saturated heterocycles. The molecule has 2 rings (SSSR count). The van der Waals surface area contributed by atoms with Crippen molar-refractivity contribution in [2.24, 2.45) is 0 Å². The zero-order chi connectivity index (χ0) is 13.3. The topological polar surface area (TPSA) is 35.2 Å². The van der Waals surface area contributed by atoms with Crippen LogP contribution in [0.15, 0.2) is 30.3 Å². The number of hydrogen-bond donors (Lipinski definition) is 1. The van der Waals surface area contributed by atoms with Crippen LogP contribution in [0.25, 0.3) is 11.1 Å². The minimum absolute atomic E-state index is 0.666. The first-order valence-corrected chi connectivity index (χ1v) is 6.11. The molecule has 2 N–H and O–H groups in total. The Kier molecular flexibility index (Phi) is 3.48. The van der Waals surface area contributed by atoms with Crippen molar-refractivity contribution >= 4 is 17.3 Å². The molecule has 0 unspecified atom stereocenters. The zero-order valence-electron chi connectivity index (χ0n) is 10.8. The summed E-state index contributed by atoms with van der Waals surface area (Å²) in [6.07, 6.45) is 0. The summed E-state index contributed by atoms with van der Waals surface area (Å²) in [5, 5.41) is 0.666. The molecule has 0 amide bonds. The summed E-state index contributed by atoms with van der Waals surface area (Å²) in [5.74, 6) is 0.922. The Bertz CT molecular complexity index is 570. The highest BCUT2D eigenvalue weighted by molar-refractivity contribution is 6.33. The lowest BCUT2D eigenvalue weighted by Crippen LogP contribution is -1.93. The average Bonchev–Trinajstić information content (AvgIpc) is 2.28. The molecule has 2 aromatic carbocycles. The Hall–Kier alpha value is -1.67. The van der Waals surface area contributed by atoms with Crippen LogP contribution in [0.1, 0.15) is 11.1 Å². The van der Waals surface area contributed by atoms with Gasteiger partial charge < -0.3 is 10.5 Å². The van der Waals surface area contributed by atoms with Crippen molar-refractivity contribution in [2.45, 2.75) is 13.8 Å². The molecule has 0 aliphatic rings. The highest BCUT2D eigenvalue weighted by Crippen LogP contribution is 2.34. The van der Waals surface area contributed by atoms with Gasteiger partial charge in [-0.25, -0.2) is 0 Å². The Morgan fingerprint density at radius 2 is 1.67 bits per heavy atom. The van der Waals surface area contributed by atoms with Crippen LogP contribution in [0.5, 0.6) is 5.75 Å². The molecule has 0 heterocycles. The van der Waals surface area contributed by atoms with E-state index in [0.29, 0.717) is 10.7 Å². The summed E-state index contributed by atoms with van der Waals surface area (Å²) < 4.78 is 5.36. The van der Waals surface area contributed by atoms with Crippen LogP contribution in [-0.4, -0.2) is 7.11 Å². The normalized spacial score (nSPS) is 10.4. The standard InChI is InChI=1S/C15H16ClNO/c1-9-6-11(7-10(2)15(9)18-3)13-5-4-12(17)8-14(13)16/h4-8H,17H2,1-3H3. The van der Waals surface area contributed by atoms with Crippen molar-refractivity contribution in [2.75, 3.05) is 12.8 Å². The van der Waals surface area contributed by atoms with Crippen LogP contribution < -0.4 is 10.5 Å². The second-order valence-electron chi connectivity index (χ2n) is 4.38. The minimum Gasteiger partial charge on any atom is -0.496 e. The van der Waals surface area contributed by atoms with Crippen LogP contribution in [0, 0.1) is 13.8 Å². The third kappa shape index (κ3) is 2.29. The number of benzene rings is 2. The smallest absolute Gasteiger partial charge is 0.124 e. The quantitative estimate of drug-likeness (QED) is 0.822. The Balaban J connectivity index is 2.58. The number of rotatable bonds is 2. The maximum atomic E-state index is 6.23. The number of aryl methyl sites for hydroxylation is 2. The van der Waals surface area contributed by atoms with Crippen LogP contribution in [0.4, 0.5) is 5.69 Å².